The molecule has 31 heavy (non-hydrogen) atoms. The Hall–Kier alpha value is -2.06. The molecule has 1 aliphatic rings. The van der Waals surface area contributed by atoms with Gasteiger partial charge in [0.2, 0.25) is 15.9 Å². The molecule has 1 saturated heterocycles. The van der Waals surface area contributed by atoms with E-state index >= 15 is 0 Å². The number of hydrogen-bond donors (Lipinski definition) is 1. The van der Waals surface area contributed by atoms with E-state index in [9.17, 15) is 13.2 Å². The van der Waals surface area contributed by atoms with E-state index in [1.807, 2.05) is 19.1 Å². The topological polar surface area (TPSA) is 69.7 Å². The highest BCUT2D eigenvalue weighted by Gasteiger charge is 2.22. The average molecular weight is 508 g/mol. The van der Waals surface area contributed by atoms with Gasteiger partial charge < -0.3 is 10.2 Å². The lowest BCUT2D eigenvalue weighted by molar-refractivity contribution is -0.120. The first kappa shape index (κ1) is 23.6. The first-order valence-electron chi connectivity index (χ1n) is 10.5. The first-order valence-corrected chi connectivity index (χ1v) is 13.1. The van der Waals surface area contributed by atoms with E-state index in [0.717, 1.165) is 33.7 Å². The van der Waals surface area contributed by atoms with Gasteiger partial charge >= 0.3 is 0 Å². The van der Waals surface area contributed by atoms with Gasteiger partial charge in [0.15, 0.2) is 0 Å². The number of nitrogens with zero attached hydrogens (tertiary/aromatic N) is 2. The van der Waals surface area contributed by atoms with Crippen molar-refractivity contribution in [3.8, 4) is 0 Å². The molecule has 1 heterocycles. The Morgan fingerprint density at radius 3 is 2.58 bits per heavy atom. The molecule has 0 radical (unpaired) electrons. The minimum absolute atomic E-state index is 0.231. The van der Waals surface area contributed by atoms with Gasteiger partial charge in [0, 0.05) is 23.2 Å². The summed E-state index contributed by atoms with van der Waals surface area (Å²) >= 11 is 3.35. The van der Waals surface area contributed by atoms with Crippen LogP contribution >= 0.6 is 15.9 Å². The van der Waals surface area contributed by atoms with Crippen LogP contribution in [0.25, 0.3) is 0 Å². The molecule has 1 fully saturated rings. The quantitative estimate of drug-likeness (QED) is 0.605. The van der Waals surface area contributed by atoms with Crippen molar-refractivity contribution in [3.63, 3.8) is 0 Å². The van der Waals surface area contributed by atoms with Gasteiger partial charge in [-0.2, -0.15) is 0 Å². The summed E-state index contributed by atoms with van der Waals surface area (Å²) in [6, 6.07) is 14.9. The fourth-order valence-electron chi connectivity index (χ4n) is 3.93. The van der Waals surface area contributed by atoms with E-state index in [2.05, 4.69) is 45.2 Å². The number of hydrogen-bond acceptors (Lipinski definition) is 4. The molecule has 0 spiro atoms. The SMILES string of the molecule is CC1CCCN(c2ccc(C(C)NC(=O)CN(c3cccc(Br)c3)S(C)(=O)=O)cc2)C1. The molecule has 1 aliphatic heterocycles. The third-order valence-corrected chi connectivity index (χ3v) is 7.21. The highest BCUT2D eigenvalue weighted by Crippen LogP contribution is 2.25. The molecule has 8 heteroatoms. The average Bonchev–Trinajstić information content (AvgIpc) is 2.71. The van der Waals surface area contributed by atoms with E-state index in [1.54, 1.807) is 24.3 Å². The van der Waals surface area contributed by atoms with E-state index in [4.69, 9.17) is 0 Å². The van der Waals surface area contributed by atoms with Gasteiger partial charge in [-0.1, -0.05) is 41.1 Å². The number of halogens is 1. The highest BCUT2D eigenvalue weighted by molar-refractivity contribution is 9.10. The molecular weight excluding hydrogens is 478 g/mol. The van der Waals surface area contributed by atoms with Crippen LogP contribution < -0.4 is 14.5 Å². The van der Waals surface area contributed by atoms with Crippen molar-refractivity contribution in [1.29, 1.82) is 0 Å². The normalized spacial score (nSPS) is 17.8. The lowest BCUT2D eigenvalue weighted by Crippen LogP contribution is -2.41. The van der Waals surface area contributed by atoms with Crippen molar-refractivity contribution in [2.45, 2.75) is 32.7 Å². The zero-order chi connectivity index (χ0) is 22.6. The van der Waals surface area contributed by atoms with Crippen LogP contribution in [0.5, 0.6) is 0 Å². The summed E-state index contributed by atoms with van der Waals surface area (Å²) in [4.78, 5) is 15.1. The monoisotopic (exact) mass is 507 g/mol. The fraction of sp³-hybridized carbons (Fsp3) is 0.435. The van der Waals surface area contributed by atoms with Crippen LogP contribution in [0.1, 0.15) is 38.3 Å². The van der Waals surface area contributed by atoms with Crippen molar-refractivity contribution in [2.75, 3.05) is 35.1 Å². The number of carbonyl (C=O) groups is 1. The first-order chi connectivity index (χ1) is 14.6. The largest absolute Gasteiger partial charge is 0.371 e. The molecular formula is C23H30BrN3O3S. The molecule has 1 amide bonds. The molecule has 2 unspecified atom stereocenters. The van der Waals surface area contributed by atoms with E-state index in [0.29, 0.717) is 11.6 Å². The number of carbonyl (C=O) groups excluding carboxylic acids is 1. The highest BCUT2D eigenvalue weighted by atomic mass is 79.9. The molecule has 2 aromatic carbocycles. The Morgan fingerprint density at radius 1 is 1.26 bits per heavy atom. The lowest BCUT2D eigenvalue weighted by atomic mass is 9.99. The predicted molar refractivity (Wildman–Crippen MR) is 130 cm³/mol. The molecule has 1 N–H and O–H groups in total. The fourth-order valence-corrected chi connectivity index (χ4v) is 5.17. The minimum Gasteiger partial charge on any atom is -0.371 e. The maximum Gasteiger partial charge on any atom is 0.241 e. The number of sulfonamides is 1. The molecule has 2 atom stereocenters. The molecule has 3 rings (SSSR count). The summed E-state index contributed by atoms with van der Waals surface area (Å²) in [5.41, 5.74) is 2.63. The Labute approximate surface area is 193 Å². The number of benzene rings is 2. The summed E-state index contributed by atoms with van der Waals surface area (Å²) < 4.78 is 26.4. The van der Waals surface area contributed by atoms with Gasteiger partial charge in [0.05, 0.1) is 18.0 Å². The van der Waals surface area contributed by atoms with E-state index in [-0.39, 0.29) is 18.5 Å². The van der Waals surface area contributed by atoms with Gasteiger partial charge in [-0.05, 0) is 61.6 Å². The Kier molecular flexibility index (Phi) is 7.64. The third kappa shape index (κ3) is 6.46. The standard InChI is InChI=1S/C23H30BrN3O3S/c1-17-6-5-13-26(15-17)21-11-9-19(10-12-21)18(2)25-23(28)16-27(31(3,29)30)22-8-4-7-20(24)14-22/h4,7-12,14,17-18H,5-6,13,15-16H2,1-3H3,(H,25,28). The van der Waals surface area contributed by atoms with Crippen LogP contribution in [-0.4, -0.2) is 40.2 Å². The minimum atomic E-state index is -3.61. The molecule has 0 aliphatic carbocycles. The lowest BCUT2D eigenvalue weighted by Gasteiger charge is -2.33. The third-order valence-electron chi connectivity index (χ3n) is 5.58. The van der Waals surface area contributed by atoms with Crippen LogP contribution in [0.2, 0.25) is 0 Å². The molecule has 0 bridgehead atoms. The molecule has 6 nitrogen and oxygen atoms in total. The van der Waals surface area contributed by atoms with Crippen molar-refractivity contribution in [3.05, 3.63) is 58.6 Å². The van der Waals surface area contributed by atoms with E-state index < -0.39 is 10.0 Å². The van der Waals surface area contributed by atoms with Crippen LogP contribution in [0.15, 0.2) is 53.0 Å². The summed E-state index contributed by atoms with van der Waals surface area (Å²) in [6.45, 7) is 6.06. The zero-order valence-electron chi connectivity index (χ0n) is 18.2. The zero-order valence-corrected chi connectivity index (χ0v) is 20.6. The summed E-state index contributed by atoms with van der Waals surface area (Å²) in [6.07, 6.45) is 3.59. The van der Waals surface area contributed by atoms with Gasteiger partial charge in [0.25, 0.3) is 0 Å². The van der Waals surface area contributed by atoms with Crippen molar-refractivity contribution < 1.29 is 13.2 Å². The number of rotatable bonds is 7. The maximum atomic E-state index is 12.7. The number of nitrogens with one attached hydrogen (secondary N) is 1. The van der Waals surface area contributed by atoms with E-state index in [1.165, 1.54) is 18.5 Å². The smallest absolute Gasteiger partial charge is 0.241 e. The van der Waals surface area contributed by atoms with Crippen LogP contribution in [0.4, 0.5) is 11.4 Å². The summed E-state index contributed by atoms with van der Waals surface area (Å²) in [5.74, 6) is 0.349. The maximum absolute atomic E-state index is 12.7. The second kappa shape index (κ2) is 10.0. The molecule has 0 saturated carbocycles. The second-order valence-corrected chi connectivity index (χ2v) is 11.1. The van der Waals surface area contributed by atoms with Crippen molar-refractivity contribution >= 4 is 43.2 Å². The number of anilines is 2. The Bertz CT molecular complexity index is 1010. The number of amides is 1. The van der Waals surface area contributed by atoms with Crippen molar-refractivity contribution in [2.24, 2.45) is 5.92 Å². The van der Waals surface area contributed by atoms with Gasteiger partial charge in [-0.25, -0.2) is 8.42 Å². The van der Waals surface area contributed by atoms with Gasteiger partial charge in [0.1, 0.15) is 6.54 Å². The molecule has 2 aromatic rings. The summed E-state index contributed by atoms with van der Waals surface area (Å²) in [7, 11) is -3.61. The van der Waals surface area contributed by atoms with Crippen molar-refractivity contribution in [1.82, 2.24) is 5.32 Å². The van der Waals surface area contributed by atoms with Crippen LogP contribution in [0, 0.1) is 5.92 Å². The summed E-state index contributed by atoms with van der Waals surface area (Å²) in [5, 5.41) is 2.92. The Morgan fingerprint density at radius 2 is 1.97 bits per heavy atom. The van der Waals surface area contributed by atoms with Crippen LogP contribution in [0.3, 0.4) is 0 Å². The van der Waals surface area contributed by atoms with Gasteiger partial charge in [-0.15, -0.1) is 0 Å². The molecule has 168 valence electrons. The van der Waals surface area contributed by atoms with Gasteiger partial charge in [-0.3, -0.25) is 9.10 Å². The predicted octanol–water partition coefficient (Wildman–Crippen LogP) is 4.33. The number of piperidine rings is 1. The molecule has 0 aromatic heterocycles. The Balaban J connectivity index is 1.65. The second-order valence-electron chi connectivity index (χ2n) is 8.32. The van der Waals surface area contributed by atoms with Crippen LogP contribution in [-0.2, 0) is 14.8 Å².